The largest absolute Gasteiger partial charge is 0.310 e. The molecule has 1 unspecified atom stereocenters. The van der Waals surface area contributed by atoms with E-state index in [1.54, 1.807) is 0 Å². The van der Waals surface area contributed by atoms with E-state index >= 15 is 0 Å². The van der Waals surface area contributed by atoms with Gasteiger partial charge < -0.3 is 9.80 Å². The van der Waals surface area contributed by atoms with Crippen molar-refractivity contribution in [1.29, 1.82) is 0 Å². The first kappa shape index (κ1) is 34.6. The molecular formula is C58H42N2. The minimum Gasteiger partial charge on any atom is -0.310 e. The lowest BCUT2D eigenvalue weighted by molar-refractivity contribution is 0.660. The molecule has 0 fully saturated rings. The third-order valence-corrected chi connectivity index (χ3v) is 13.4. The summed E-state index contributed by atoms with van der Waals surface area (Å²) in [5.41, 5.74) is 22.1. The van der Waals surface area contributed by atoms with E-state index in [1.165, 1.54) is 72.4 Å². The highest BCUT2D eigenvalue weighted by Crippen LogP contribution is 2.64. The van der Waals surface area contributed by atoms with Gasteiger partial charge in [0.1, 0.15) is 0 Å². The second-order valence-electron chi connectivity index (χ2n) is 16.8. The van der Waals surface area contributed by atoms with Gasteiger partial charge in [0, 0.05) is 39.4 Å². The van der Waals surface area contributed by atoms with Crippen LogP contribution in [0.15, 0.2) is 218 Å². The average Bonchev–Trinajstić information content (AvgIpc) is 3.86. The fourth-order valence-corrected chi connectivity index (χ4v) is 10.9. The summed E-state index contributed by atoms with van der Waals surface area (Å²) < 4.78 is 0. The zero-order valence-corrected chi connectivity index (χ0v) is 33.7. The molecule has 0 saturated carbocycles. The highest BCUT2D eigenvalue weighted by atomic mass is 15.1. The van der Waals surface area contributed by atoms with Gasteiger partial charge in [-0.1, -0.05) is 166 Å². The van der Waals surface area contributed by atoms with Gasteiger partial charge in [-0.3, -0.25) is 0 Å². The standard InChI is InChI=1S/C58H42N2/c1-57(2)49-28-15-14-27-46(49)56-54(57)31-18-32-55(56)60(41-23-10-5-11-24-41)43-34-36-53-48(38-43)45-26-13-17-30-51(45)58(53)50-29-16-12-25-44(50)47-37-42(33-35-52(47)58)59(39-19-6-3-7-20-39)40-21-8-4-9-22-40/h3-38H,1-2H3. The molecule has 12 rings (SSSR count). The molecule has 3 aliphatic carbocycles. The Labute approximate surface area is 352 Å². The van der Waals surface area contributed by atoms with Crippen LogP contribution in [0.1, 0.15) is 47.2 Å². The van der Waals surface area contributed by atoms with E-state index in [4.69, 9.17) is 0 Å². The number of rotatable bonds is 6. The highest BCUT2D eigenvalue weighted by molar-refractivity contribution is 5.99. The van der Waals surface area contributed by atoms with Crippen LogP contribution in [-0.2, 0) is 10.8 Å². The monoisotopic (exact) mass is 766 g/mol. The van der Waals surface area contributed by atoms with Crippen LogP contribution in [0, 0.1) is 0 Å². The van der Waals surface area contributed by atoms with Crippen molar-refractivity contribution in [2.45, 2.75) is 24.7 Å². The minimum atomic E-state index is -0.465. The number of fused-ring (bicyclic) bond motifs is 13. The quantitative estimate of drug-likeness (QED) is 0.166. The maximum Gasteiger partial charge on any atom is 0.0725 e. The van der Waals surface area contributed by atoms with Gasteiger partial charge in [0.25, 0.3) is 0 Å². The predicted octanol–water partition coefficient (Wildman–Crippen LogP) is 15.3. The first-order valence-corrected chi connectivity index (χ1v) is 21.0. The Hall–Kier alpha value is -7.42. The molecular weight excluding hydrogens is 725 g/mol. The molecule has 60 heavy (non-hydrogen) atoms. The fourth-order valence-electron chi connectivity index (χ4n) is 10.9. The number of hydrogen-bond acceptors (Lipinski definition) is 2. The Kier molecular flexibility index (Phi) is 7.52. The van der Waals surface area contributed by atoms with Crippen molar-refractivity contribution < 1.29 is 0 Å². The second-order valence-corrected chi connectivity index (χ2v) is 16.8. The zero-order chi connectivity index (χ0) is 40.0. The fraction of sp³-hybridized carbons (Fsp3) is 0.0690. The van der Waals surface area contributed by atoms with Crippen LogP contribution in [-0.4, -0.2) is 0 Å². The summed E-state index contributed by atoms with van der Waals surface area (Å²) in [7, 11) is 0. The molecule has 284 valence electrons. The van der Waals surface area contributed by atoms with Gasteiger partial charge in [0.15, 0.2) is 0 Å². The van der Waals surface area contributed by atoms with E-state index < -0.39 is 5.41 Å². The minimum absolute atomic E-state index is 0.101. The smallest absolute Gasteiger partial charge is 0.0725 e. The summed E-state index contributed by atoms with van der Waals surface area (Å²) in [6.45, 7) is 4.72. The highest BCUT2D eigenvalue weighted by Gasteiger charge is 2.52. The number of para-hydroxylation sites is 3. The lowest BCUT2D eigenvalue weighted by Gasteiger charge is -2.32. The molecule has 3 aliphatic rings. The molecule has 2 nitrogen and oxygen atoms in total. The number of benzene rings is 9. The van der Waals surface area contributed by atoms with Crippen molar-refractivity contribution in [1.82, 2.24) is 0 Å². The molecule has 0 aliphatic heterocycles. The molecule has 0 heterocycles. The average molecular weight is 767 g/mol. The molecule has 0 bridgehead atoms. The molecule has 0 aromatic heterocycles. The molecule has 1 spiro atoms. The summed E-state index contributed by atoms with van der Waals surface area (Å²) in [6, 6.07) is 80.8. The predicted molar refractivity (Wildman–Crippen MR) is 250 cm³/mol. The van der Waals surface area contributed by atoms with Crippen LogP contribution in [0.2, 0.25) is 0 Å². The maximum atomic E-state index is 2.48. The molecule has 0 radical (unpaired) electrons. The normalized spacial score (nSPS) is 15.7. The van der Waals surface area contributed by atoms with Gasteiger partial charge in [-0.25, -0.2) is 0 Å². The Bertz CT molecular complexity index is 3090. The summed E-state index contributed by atoms with van der Waals surface area (Å²) in [6.07, 6.45) is 0. The Morgan fingerprint density at radius 2 is 0.683 bits per heavy atom. The maximum absolute atomic E-state index is 2.48. The van der Waals surface area contributed by atoms with Crippen LogP contribution in [0.25, 0.3) is 33.4 Å². The SMILES string of the molecule is CC1(C)c2ccccc2-c2c(N(c3ccccc3)c3ccc4c(c3)-c3ccccc3C43c4ccccc4-c4cc(N(c5ccccc5)c5ccccc5)ccc43)cccc21. The van der Waals surface area contributed by atoms with Crippen LogP contribution in [0.4, 0.5) is 34.1 Å². The van der Waals surface area contributed by atoms with E-state index in [2.05, 4.69) is 242 Å². The lowest BCUT2D eigenvalue weighted by atomic mass is 9.70. The molecule has 2 heteroatoms. The topological polar surface area (TPSA) is 6.48 Å². The van der Waals surface area contributed by atoms with Crippen molar-refractivity contribution >= 4 is 34.1 Å². The third kappa shape index (κ3) is 4.76. The molecule has 9 aromatic carbocycles. The summed E-state index contributed by atoms with van der Waals surface area (Å²) in [5, 5.41) is 0. The van der Waals surface area contributed by atoms with Crippen molar-refractivity contribution in [2.75, 3.05) is 9.80 Å². The molecule has 0 saturated heterocycles. The third-order valence-electron chi connectivity index (χ3n) is 13.4. The van der Waals surface area contributed by atoms with Crippen molar-refractivity contribution in [2.24, 2.45) is 0 Å². The van der Waals surface area contributed by atoms with Crippen LogP contribution >= 0.6 is 0 Å². The Morgan fingerprint density at radius 1 is 0.283 bits per heavy atom. The molecule has 0 amide bonds. The van der Waals surface area contributed by atoms with Crippen LogP contribution in [0.3, 0.4) is 0 Å². The van der Waals surface area contributed by atoms with Gasteiger partial charge in [0.2, 0.25) is 0 Å². The van der Waals surface area contributed by atoms with Gasteiger partial charge in [-0.05, 0) is 128 Å². The van der Waals surface area contributed by atoms with Crippen LogP contribution < -0.4 is 9.80 Å². The number of nitrogens with zero attached hydrogens (tertiary/aromatic N) is 2. The molecule has 1 atom stereocenters. The van der Waals surface area contributed by atoms with Crippen molar-refractivity contribution in [3.05, 3.63) is 252 Å². The van der Waals surface area contributed by atoms with E-state index in [1.807, 2.05) is 0 Å². The summed E-state index contributed by atoms with van der Waals surface area (Å²) in [5.74, 6) is 0. The van der Waals surface area contributed by atoms with Crippen LogP contribution in [0.5, 0.6) is 0 Å². The van der Waals surface area contributed by atoms with Crippen molar-refractivity contribution in [3.8, 4) is 33.4 Å². The lowest BCUT2D eigenvalue weighted by Crippen LogP contribution is -2.26. The first-order chi connectivity index (χ1) is 29.5. The van der Waals surface area contributed by atoms with Gasteiger partial charge >= 0.3 is 0 Å². The summed E-state index contributed by atoms with van der Waals surface area (Å²) >= 11 is 0. The van der Waals surface area contributed by atoms with Crippen molar-refractivity contribution in [3.63, 3.8) is 0 Å². The van der Waals surface area contributed by atoms with E-state index in [9.17, 15) is 0 Å². The van der Waals surface area contributed by atoms with E-state index in [-0.39, 0.29) is 5.41 Å². The van der Waals surface area contributed by atoms with Gasteiger partial charge in [-0.15, -0.1) is 0 Å². The Morgan fingerprint density at radius 3 is 1.22 bits per heavy atom. The second kappa shape index (κ2) is 13.0. The Balaban J connectivity index is 1.08. The number of anilines is 6. The summed E-state index contributed by atoms with van der Waals surface area (Å²) in [4.78, 5) is 4.85. The molecule has 9 aromatic rings. The first-order valence-electron chi connectivity index (χ1n) is 21.0. The molecule has 0 N–H and O–H groups in total. The van der Waals surface area contributed by atoms with Gasteiger partial charge in [0.05, 0.1) is 11.1 Å². The van der Waals surface area contributed by atoms with E-state index in [0.29, 0.717) is 0 Å². The zero-order valence-electron chi connectivity index (χ0n) is 33.7. The number of hydrogen-bond donors (Lipinski definition) is 0. The van der Waals surface area contributed by atoms with E-state index in [0.717, 1.165) is 28.4 Å². The van der Waals surface area contributed by atoms with Gasteiger partial charge in [-0.2, -0.15) is 0 Å².